The van der Waals surface area contributed by atoms with E-state index in [-0.39, 0.29) is 30.8 Å². The molecule has 2 N–H and O–H groups in total. The Hall–Kier alpha value is -2.52. The molecule has 1 amide bonds. The fourth-order valence-electron chi connectivity index (χ4n) is 4.79. The highest BCUT2D eigenvalue weighted by molar-refractivity contribution is 5.92. The van der Waals surface area contributed by atoms with Crippen LogP contribution >= 0.6 is 12.4 Å². The Labute approximate surface area is 181 Å². The second-order valence-corrected chi connectivity index (χ2v) is 8.30. The van der Waals surface area contributed by atoms with Crippen LogP contribution in [0.3, 0.4) is 0 Å². The molecule has 1 saturated heterocycles. The van der Waals surface area contributed by atoms with E-state index in [2.05, 4.69) is 20.4 Å². The number of aliphatic carboxylic acids is 1. The lowest BCUT2D eigenvalue weighted by molar-refractivity contribution is -0.149. The minimum absolute atomic E-state index is 0. The molecular formula is C20H27ClN6O3. The van der Waals surface area contributed by atoms with Crippen molar-refractivity contribution in [3.63, 3.8) is 0 Å². The monoisotopic (exact) mass is 434 g/mol. The highest BCUT2D eigenvalue weighted by Crippen LogP contribution is 2.48. The summed E-state index contributed by atoms with van der Waals surface area (Å²) in [4.78, 5) is 35.3. The molecule has 0 aromatic carbocycles. The molecule has 30 heavy (non-hydrogen) atoms. The van der Waals surface area contributed by atoms with Crippen molar-refractivity contribution < 1.29 is 14.7 Å². The first-order valence-electron chi connectivity index (χ1n) is 9.92. The van der Waals surface area contributed by atoms with Crippen LogP contribution in [0.25, 0.3) is 5.95 Å². The van der Waals surface area contributed by atoms with Gasteiger partial charge < -0.3 is 10.4 Å². The maximum absolute atomic E-state index is 12.7. The number of aryl methyl sites for hydroxylation is 3. The van der Waals surface area contributed by atoms with Gasteiger partial charge in [0.25, 0.3) is 5.95 Å². The molecule has 0 unspecified atom stereocenters. The lowest BCUT2D eigenvalue weighted by Crippen LogP contribution is -2.37. The second-order valence-electron chi connectivity index (χ2n) is 8.30. The number of halogens is 1. The molecule has 4 rings (SSSR count). The lowest BCUT2D eigenvalue weighted by Gasteiger charge is -2.23. The van der Waals surface area contributed by atoms with Crippen LogP contribution in [0.2, 0.25) is 0 Å². The molecular weight excluding hydrogens is 408 g/mol. The lowest BCUT2D eigenvalue weighted by atomic mass is 9.81. The number of anilines is 1. The third-order valence-corrected chi connectivity index (χ3v) is 5.99. The number of likely N-dealkylation sites (tertiary alicyclic amines) is 1. The smallest absolute Gasteiger partial charge is 0.311 e. The Bertz CT molecular complexity index is 957. The number of amides is 1. The fourth-order valence-corrected chi connectivity index (χ4v) is 4.79. The van der Waals surface area contributed by atoms with Crippen LogP contribution in [0.15, 0.2) is 12.1 Å². The van der Waals surface area contributed by atoms with Gasteiger partial charge in [-0.15, -0.1) is 12.4 Å². The largest absolute Gasteiger partial charge is 0.481 e. The van der Waals surface area contributed by atoms with E-state index in [0.29, 0.717) is 31.3 Å². The molecule has 1 saturated carbocycles. The number of hydrogen-bond acceptors (Lipinski definition) is 6. The van der Waals surface area contributed by atoms with Crippen LogP contribution < -0.4 is 5.32 Å². The Kier molecular flexibility index (Phi) is 6.14. The molecule has 0 bridgehead atoms. The van der Waals surface area contributed by atoms with Crippen LogP contribution in [0.5, 0.6) is 0 Å². The van der Waals surface area contributed by atoms with Crippen LogP contribution in [0.1, 0.15) is 36.3 Å². The van der Waals surface area contributed by atoms with Crippen LogP contribution in [-0.4, -0.2) is 61.3 Å². The zero-order valence-electron chi connectivity index (χ0n) is 17.4. The normalized spacial score (nSPS) is 23.1. The molecule has 9 nitrogen and oxygen atoms in total. The Morgan fingerprint density at radius 2 is 1.90 bits per heavy atom. The minimum Gasteiger partial charge on any atom is -0.481 e. The van der Waals surface area contributed by atoms with E-state index in [1.54, 1.807) is 6.07 Å². The SMILES string of the molecule is Cc1cc(C)nc(-n2nc(C)cc2NC(=O)CN2C[C@@H]3CCC[C@@]3(C(=O)O)C2)n1.Cl. The third kappa shape index (κ3) is 4.04. The first kappa shape index (κ1) is 22.2. The van der Waals surface area contributed by atoms with E-state index in [0.717, 1.165) is 29.9 Å². The molecule has 2 aromatic rings. The van der Waals surface area contributed by atoms with Gasteiger partial charge in [-0.2, -0.15) is 9.78 Å². The van der Waals surface area contributed by atoms with Gasteiger partial charge in [-0.05, 0) is 45.6 Å². The Morgan fingerprint density at radius 1 is 1.20 bits per heavy atom. The molecule has 2 aromatic heterocycles. The number of carbonyl (C=O) groups is 2. The number of carboxylic acids is 1. The number of rotatable bonds is 5. The number of carbonyl (C=O) groups excluding carboxylic acids is 1. The maximum Gasteiger partial charge on any atom is 0.311 e. The van der Waals surface area contributed by atoms with Crippen molar-refractivity contribution in [1.82, 2.24) is 24.6 Å². The van der Waals surface area contributed by atoms with E-state index in [9.17, 15) is 14.7 Å². The van der Waals surface area contributed by atoms with Gasteiger partial charge in [-0.25, -0.2) is 9.97 Å². The first-order chi connectivity index (χ1) is 13.8. The van der Waals surface area contributed by atoms with Crippen molar-refractivity contribution in [2.45, 2.75) is 40.0 Å². The van der Waals surface area contributed by atoms with Crippen LogP contribution in [-0.2, 0) is 9.59 Å². The van der Waals surface area contributed by atoms with E-state index in [1.165, 1.54) is 4.68 Å². The molecule has 0 spiro atoms. The standard InChI is InChI=1S/C20H26N6O3.ClH/c1-12-7-13(2)22-19(21-12)26-16(8-14(3)24-26)23-17(27)10-25-9-15-5-4-6-20(15,11-25)18(28)29;/h7-8,15H,4-6,9-11H2,1-3H3,(H,23,27)(H,28,29);1H/t15-,20+;/m0./s1. The summed E-state index contributed by atoms with van der Waals surface area (Å²) in [5, 5.41) is 17.0. The molecule has 1 aliphatic carbocycles. The van der Waals surface area contributed by atoms with Crippen molar-refractivity contribution in [1.29, 1.82) is 0 Å². The predicted molar refractivity (Wildman–Crippen MR) is 113 cm³/mol. The highest BCUT2D eigenvalue weighted by atomic mass is 35.5. The minimum atomic E-state index is -0.733. The molecule has 2 atom stereocenters. The molecule has 10 heteroatoms. The van der Waals surface area contributed by atoms with Gasteiger partial charge >= 0.3 is 5.97 Å². The molecule has 2 aliphatic rings. The second kappa shape index (κ2) is 8.31. The van der Waals surface area contributed by atoms with Crippen molar-refractivity contribution >= 4 is 30.1 Å². The molecule has 3 heterocycles. The van der Waals surface area contributed by atoms with Gasteiger partial charge in [0.1, 0.15) is 5.82 Å². The number of nitrogens with one attached hydrogen (secondary N) is 1. The van der Waals surface area contributed by atoms with Crippen molar-refractivity contribution in [2.24, 2.45) is 11.3 Å². The number of carboxylic acid groups (broad SMARTS) is 1. The highest BCUT2D eigenvalue weighted by Gasteiger charge is 2.54. The number of hydrogen-bond donors (Lipinski definition) is 2. The Balaban J connectivity index is 0.00000256. The van der Waals surface area contributed by atoms with E-state index in [4.69, 9.17) is 0 Å². The Morgan fingerprint density at radius 3 is 2.53 bits per heavy atom. The van der Waals surface area contributed by atoms with Gasteiger partial charge in [0.05, 0.1) is 17.7 Å². The first-order valence-corrected chi connectivity index (χ1v) is 9.92. The quantitative estimate of drug-likeness (QED) is 0.740. The summed E-state index contributed by atoms with van der Waals surface area (Å²) >= 11 is 0. The van der Waals surface area contributed by atoms with Crippen LogP contribution in [0.4, 0.5) is 5.82 Å². The van der Waals surface area contributed by atoms with Crippen molar-refractivity contribution in [3.8, 4) is 5.95 Å². The van der Waals surface area contributed by atoms with Gasteiger partial charge in [0.2, 0.25) is 5.91 Å². The summed E-state index contributed by atoms with van der Waals surface area (Å²) < 4.78 is 1.53. The van der Waals surface area contributed by atoms with Gasteiger partial charge in [0, 0.05) is 30.5 Å². The maximum atomic E-state index is 12.7. The third-order valence-electron chi connectivity index (χ3n) is 5.99. The van der Waals surface area contributed by atoms with Gasteiger partial charge in [-0.3, -0.25) is 14.5 Å². The average molecular weight is 435 g/mol. The summed E-state index contributed by atoms with van der Waals surface area (Å²) in [5.41, 5.74) is 1.69. The van der Waals surface area contributed by atoms with E-state index >= 15 is 0 Å². The molecule has 1 aliphatic heterocycles. The van der Waals surface area contributed by atoms with Crippen molar-refractivity contribution in [3.05, 3.63) is 29.2 Å². The summed E-state index contributed by atoms with van der Waals surface area (Å²) in [7, 11) is 0. The number of fused-ring (bicyclic) bond motifs is 1. The molecule has 2 fully saturated rings. The zero-order valence-corrected chi connectivity index (χ0v) is 18.2. The van der Waals surface area contributed by atoms with Crippen LogP contribution in [0, 0.1) is 32.1 Å². The van der Waals surface area contributed by atoms with Gasteiger partial charge in [0.15, 0.2) is 0 Å². The summed E-state index contributed by atoms with van der Waals surface area (Å²) in [6.45, 7) is 6.85. The zero-order chi connectivity index (χ0) is 20.8. The summed E-state index contributed by atoms with van der Waals surface area (Å²) in [6, 6.07) is 3.65. The van der Waals surface area contributed by atoms with E-state index in [1.807, 2.05) is 31.7 Å². The van der Waals surface area contributed by atoms with Gasteiger partial charge in [-0.1, -0.05) is 6.42 Å². The van der Waals surface area contributed by atoms with E-state index < -0.39 is 11.4 Å². The summed E-state index contributed by atoms with van der Waals surface area (Å²) in [6.07, 6.45) is 2.56. The molecule has 162 valence electrons. The average Bonchev–Trinajstić information content (AvgIpc) is 3.26. The number of nitrogens with zero attached hydrogens (tertiary/aromatic N) is 5. The molecule has 0 radical (unpaired) electrons. The topological polar surface area (TPSA) is 113 Å². The fraction of sp³-hybridized carbons (Fsp3) is 0.550. The summed E-state index contributed by atoms with van der Waals surface area (Å²) in [5.74, 6) is 0.111. The van der Waals surface area contributed by atoms with Crippen molar-refractivity contribution in [2.75, 3.05) is 25.0 Å². The predicted octanol–water partition coefficient (Wildman–Crippen LogP) is 2.13. The number of aromatic nitrogens is 4.